The fourth-order valence-electron chi connectivity index (χ4n) is 3.20. The SMILES string of the molecule is Fc1cc(Br)ccc1Nc1cc(-c2ccccn2)nc(NC2CCCC2)n1. The van der Waals surface area contributed by atoms with Crippen molar-refractivity contribution in [2.75, 3.05) is 10.6 Å². The average Bonchev–Trinajstić information content (AvgIpc) is 3.18. The number of anilines is 3. The van der Waals surface area contributed by atoms with Gasteiger partial charge in [0.2, 0.25) is 5.95 Å². The monoisotopic (exact) mass is 427 g/mol. The van der Waals surface area contributed by atoms with Crippen LogP contribution < -0.4 is 10.6 Å². The molecule has 0 spiro atoms. The minimum atomic E-state index is -0.354. The van der Waals surface area contributed by atoms with E-state index in [-0.39, 0.29) is 5.82 Å². The van der Waals surface area contributed by atoms with Crippen molar-refractivity contribution < 1.29 is 4.39 Å². The van der Waals surface area contributed by atoms with Crippen molar-refractivity contribution in [3.63, 3.8) is 0 Å². The van der Waals surface area contributed by atoms with Gasteiger partial charge in [-0.15, -0.1) is 0 Å². The van der Waals surface area contributed by atoms with Gasteiger partial charge in [-0.2, -0.15) is 4.98 Å². The molecule has 1 aromatic carbocycles. The Labute approximate surface area is 165 Å². The number of pyridine rings is 1. The van der Waals surface area contributed by atoms with Crippen LogP contribution in [0.3, 0.4) is 0 Å². The van der Waals surface area contributed by atoms with Crippen LogP contribution in [0.5, 0.6) is 0 Å². The lowest BCUT2D eigenvalue weighted by molar-refractivity contribution is 0.631. The Morgan fingerprint density at radius 3 is 2.59 bits per heavy atom. The van der Waals surface area contributed by atoms with Crippen LogP contribution in [0.1, 0.15) is 25.7 Å². The van der Waals surface area contributed by atoms with Gasteiger partial charge in [-0.3, -0.25) is 4.98 Å². The van der Waals surface area contributed by atoms with Crippen LogP contribution in [0.15, 0.2) is 53.1 Å². The number of hydrogen-bond donors (Lipinski definition) is 2. The second-order valence-corrected chi connectivity index (χ2v) is 7.47. The quantitative estimate of drug-likeness (QED) is 0.559. The molecule has 1 saturated carbocycles. The zero-order valence-electron chi connectivity index (χ0n) is 14.6. The van der Waals surface area contributed by atoms with E-state index in [0.29, 0.717) is 33.7 Å². The van der Waals surface area contributed by atoms with Crippen LogP contribution in [0.25, 0.3) is 11.4 Å². The molecule has 0 bridgehead atoms. The number of aromatic nitrogens is 3. The number of hydrogen-bond acceptors (Lipinski definition) is 5. The van der Waals surface area contributed by atoms with E-state index in [1.807, 2.05) is 18.2 Å². The summed E-state index contributed by atoms with van der Waals surface area (Å²) in [6, 6.07) is 12.7. The minimum absolute atomic E-state index is 0.354. The van der Waals surface area contributed by atoms with Gasteiger partial charge in [0.15, 0.2) is 0 Å². The molecule has 2 aromatic heterocycles. The Bertz CT molecular complexity index is 929. The summed E-state index contributed by atoms with van der Waals surface area (Å²) in [6.07, 6.45) is 6.38. The average molecular weight is 428 g/mol. The maximum absolute atomic E-state index is 14.2. The topological polar surface area (TPSA) is 62.7 Å². The van der Waals surface area contributed by atoms with Crippen molar-refractivity contribution in [1.29, 1.82) is 0 Å². The van der Waals surface area contributed by atoms with Gasteiger partial charge in [0.05, 0.1) is 17.1 Å². The fraction of sp³-hybridized carbons (Fsp3) is 0.250. The molecule has 138 valence electrons. The van der Waals surface area contributed by atoms with E-state index in [0.717, 1.165) is 18.5 Å². The lowest BCUT2D eigenvalue weighted by atomic mass is 10.2. The second-order valence-electron chi connectivity index (χ2n) is 6.55. The molecule has 1 aliphatic rings. The predicted octanol–water partition coefficient (Wildman–Crippen LogP) is 5.54. The van der Waals surface area contributed by atoms with Gasteiger partial charge in [0, 0.05) is 22.8 Å². The lowest BCUT2D eigenvalue weighted by Gasteiger charge is -2.15. The lowest BCUT2D eigenvalue weighted by Crippen LogP contribution is -2.17. The number of rotatable bonds is 5. The standard InChI is InChI=1S/C20H19BrFN5/c21-13-8-9-16(15(22)11-13)25-19-12-18(17-7-3-4-10-23-17)26-20(27-19)24-14-5-1-2-6-14/h3-4,7-12,14H,1-2,5-6H2,(H2,24,25,26,27). The molecule has 0 unspecified atom stereocenters. The Morgan fingerprint density at radius 2 is 1.85 bits per heavy atom. The Morgan fingerprint density at radius 1 is 1.00 bits per heavy atom. The van der Waals surface area contributed by atoms with Crippen LogP contribution in [0, 0.1) is 5.82 Å². The summed E-state index contributed by atoms with van der Waals surface area (Å²) < 4.78 is 14.9. The molecule has 4 rings (SSSR count). The van der Waals surface area contributed by atoms with Gasteiger partial charge in [-0.25, -0.2) is 9.37 Å². The highest BCUT2D eigenvalue weighted by Gasteiger charge is 2.17. The van der Waals surface area contributed by atoms with E-state index >= 15 is 0 Å². The molecule has 3 aromatic rings. The molecule has 5 nitrogen and oxygen atoms in total. The molecular formula is C20H19BrFN5. The van der Waals surface area contributed by atoms with Gasteiger partial charge in [-0.05, 0) is 43.2 Å². The summed E-state index contributed by atoms with van der Waals surface area (Å²) in [5.41, 5.74) is 1.79. The van der Waals surface area contributed by atoms with Crippen LogP contribution in [0.4, 0.5) is 21.8 Å². The van der Waals surface area contributed by atoms with E-state index in [1.54, 1.807) is 24.4 Å². The molecule has 2 heterocycles. The summed E-state index contributed by atoms with van der Waals surface area (Å²) in [5, 5.41) is 6.47. The first-order valence-electron chi connectivity index (χ1n) is 8.96. The van der Waals surface area contributed by atoms with Gasteiger partial charge in [0.25, 0.3) is 0 Å². The molecule has 1 fully saturated rings. The number of nitrogens with zero attached hydrogens (tertiary/aromatic N) is 3. The fourth-order valence-corrected chi connectivity index (χ4v) is 3.54. The summed E-state index contributed by atoms with van der Waals surface area (Å²) >= 11 is 3.27. The Hall–Kier alpha value is -2.54. The van der Waals surface area contributed by atoms with E-state index in [9.17, 15) is 4.39 Å². The molecule has 0 saturated heterocycles. The van der Waals surface area contributed by atoms with E-state index in [4.69, 9.17) is 0 Å². The van der Waals surface area contributed by atoms with Crippen LogP contribution in [-0.2, 0) is 0 Å². The maximum atomic E-state index is 14.2. The highest BCUT2D eigenvalue weighted by Crippen LogP contribution is 2.27. The first-order chi connectivity index (χ1) is 13.2. The largest absolute Gasteiger partial charge is 0.351 e. The minimum Gasteiger partial charge on any atom is -0.351 e. The molecule has 0 atom stereocenters. The smallest absolute Gasteiger partial charge is 0.225 e. The summed E-state index contributed by atoms with van der Waals surface area (Å²) in [5.74, 6) is 0.699. The van der Waals surface area contributed by atoms with E-state index < -0.39 is 0 Å². The van der Waals surface area contributed by atoms with Crippen molar-refractivity contribution in [3.8, 4) is 11.4 Å². The molecule has 2 N–H and O–H groups in total. The van der Waals surface area contributed by atoms with E-state index in [2.05, 4.69) is 41.5 Å². The van der Waals surface area contributed by atoms with Crippen molar-refractivity contribution in [2.45, 2.75) is 31.7 Å². The van der Waals surface area contributed by atoms with E-state index in [1.165, 1.54) is 18.9 Å². The zero-order valence-corrected chi connectivity index (χ0v) is 16.2. The van der Waals surface area contributed by atoms with Gasteiger partial charge < -0.3 is 10.6 Å². The summed E-state index contributed by atoms with van der Waals surface area (Å²) in [7, 11) is 0. The summed E-state index contributed by atoms with van der Waals surface area (Å²) in [4.78, 5) is 13.5. The predicted molar refractivity (Wildman–Crippen MR) is 109 cm³/mol. The van der Waals surface area contributed by atoms with Gasteiger partial charge in [-0.1, -0.05) is 34.8 Å². The first-order valence-corrected chi connectivity index (χ1v) is 9.76. The van der Waals surface area contributed by atoms with Crippen molar-refractivity contribution in [2.24, 2.45) is 0 Å². The molecule has 0 radical (unpaired) electrons. The Kier molecular flexibility index (Phi) is 5.29. The van der Waals surface area contributed by atoms with Crippen molar-refractivity contribution >= 4 is 33.4 Å². The molecule has 27 heavy (non-hydrogen) atoms. The molecule has 0 aliphatic heterocycles. The highest BCUT2D eigenvalue weighted by molar-refractivity contribution is 9.10. The van der Waals surface area contributed by atoms with Crippen molar-refractivity contribution in [3.05, 3.63) is 59.0 Å². The van der Waals surface area contributed by atoms with Gasteiger partial charge in [0.1, 0.15) is 11.6 Å². The maximum Gasteiger partial charge on any atom is 0.225 e. The van der Waals surface area contributed by atoms with Gasteiger partial charge >= 0.3 is 0 Å². The molecular weight excluding hydrogens is 409 g/mol. The highest BCUT2D eigenvalue weighted by atomic mass is 79.9. The van der Waals surface area contributed by atoms with Crippen LogP contribution in [-0.4, -0.2) is 21.0 Å². The summed E-state index contributed by atoms with van der Waals surface area (Å²) in [6.45, 7) is 0. The van der Waals surface area contributed by atoms with Crippen LogP contribution >= 0.6 is 15.9 Å². The number of benzene rings is 1. The third-order valence-corrected chi connectivity index (χ3v) is 5.03. The van der Waals surface area contributed by atoms with Crippen LogP contribution in [0.2, 0.25) is 0 Å². The second kappa shape index (κ2) is 8.00. The number of halogens is 2. The molecule has 0 amide bonds. The third kappa shape index (κ3) is 4.42. The first kappa shape index (κ1) is 17.9. The number of nitrogens with one attached hydrogen (secondary N) is 2. The zero-order chi connectivity index (χ0) is 18.6. The Balaban J connectivity index is 1.68. The van der Waals surface area contributed by atoms with Crippen molar-refractivity contribution in [1.82, 2.24) is 15.0 Å². The third-order valence-electron chi connectivity index (χ3n) is 4.54. The normalized spacial score (nSPS) is 14.3. The molecule has 7 heteroatoms. The molecule has 1 aliphatic carbocycles.